The van der Waals surface area contributed by atoms with Crippen molar-refractivity contribution in [3.05, 3.63) is 17.5 Å². The molecule has 0 bridgehead atoms. The highest BCUT2D eigenvalue weighted by atomic mass is 32.2. The number of thioether (sulfide) groups is 1. The molecule has 0 aliphatic rings. The van der Waals surface area contributed by atoms with Gasteiger partial charge in [0.25, 0.3) is 0 Å². The van der Waals surface area contributed by atoms with Gasteiger partial charge >= 0.3 is 5.97 Å². The molecule has 1 aromatic heterocycles. The molecule has 0 aliphatic heterocycles. The zero-order valence-electron chi connectivity index (χ0n) is 6.69. The second-order valence-electron chi connectivity index (χ2n) is 2.46. The molecule has 1 heterocycles. The Morgan fingerprint density at radius 3 is 3.08 bits per heavy atom. The molecule has 0 unspecified atom stereocenters. The highest BCUT2D eigenvalue weighted by Crippen LogP contribution is 2.28. The SMILES string of the molecule is C[C@@H](CC(=O)O)Sc1cccs1. The van der Waals surface area contributed by atoms with Gasteiger partial charge in [0, 0.05) is 5.25 Å². The van der Waals surface area contributed by atoms with Gasteiger partial charge in [-0.25, -0.2) is 0 Å². The van der Waals surface area contributed by atoms with Gasteiger partial charge in [-0.2, -0.15) is 0 Å². The van der Waals surface area contributed by atoms with E-state index >= 15 is 0 Å². The number of carbonyl (C=O) groups is 1. The fourth-order valence-corrected chi connectivity index (χ4v) is 2.93. The summed E-state index contributed by atoms with van der Waals surface area (Å²) in [6.07, 6.45) is 0.225. The summed E-state index contributed by atoms with van der Waals surface area (Å²) in [5.74, 6) is -0.730. The number of hydrogen-bond acceptors (Lipinski definition) is 3. The Balaban J connectivity index is 2.36. The van der Waals surface area contributed by atoms with Crippen molar-refractivity contribution in [1.29, 1.82) is 0 Å². The summed E-state index contributed by atoms with van der Waals surface area (Å²) in [7, 11) is 0. The van der Waals surface area contributed by atoms with Gasteiger partial charge in [-0.3, -0.25) is 4.79 Å². The molecule has 0 aliphatic carbocycles. The summed E-state index contributed by atoms with van der Waals surface area (Å²) in [4.78, 5) is 10.3. The van der Waals surface area contributed by atoms with Gasteiger partial charge in [-0.15, -0.1) is 23.1 Å². The van der Waals surface area contributed by atoms with E-state index in [1.54, 1.807) is 23.1 Å². The van der Waals surface area contributed by atoms with Gasteiger partial charge in [0.1, 0.15) is 0 Å². The summed E-state index contributed by atoms with van der Waals surface area (Å²) in [6, 6.07) is 3.98. The van der Waals surface area contributed by atoms with E-state index in [0.717, 1.165) is 0 Å². The van der Waals surface area contributed by atoms with Gasteiger partial charge in [-0.1, -0.05) is 13.0 Å². The van der Waals surface area contributed by atoms with E-state index in [-0.39, 0.29) is 11.7 Å². The first-order chi connectivity index (χ1) is 5.68. The molecule has 0 spiro atoms. The quantitative estimate of drug-likeness (QED) is 0.763. The normalized spacial score (nSPS) is 12.8. The van der Waals surface area contributed by atoms with Gasteiger partial charge in [0.15, 0.2) is 0 Å². The lowest BCUT2D eigenvalue weighted by atomic mass is 10.3. The van der Waals surface area contributed by atoms with Gasteiger partial charge in [0.05, 0.1) is 10.6 Å². The molecule has 0 saturated heterocycles. The second-order valence-corrected chi connectivity index (χ2v) is 5.14. The molecular formula is C8H10O2S2. The fourth-order valence-electron chi connectivity index (χ4n) is 0.816. The zero-order chi connectivity index (χ0) is 8.97. The number of aliphatic carboxylic acids is 1. The van der Waals surface area contributed by atoms with E-state index < -0.39 is 5.97 Å². The third-order valence-corrected chi connectivity index (χ3v) is 3.45. The van der Waals surface area contributed by atoms with E-state index in [0.29, 0.717) is 0 Å². The van der Waals surface area contributed by atoms with Crippen LogP contribution in [0.4, 0.5) is 0 Å². The first-order valence-corrected chi connectivity index (χ1v) is 5.36. The van der Waals surface area contributed by atoms with Crippen molar-refractivity contribution < 1.29 is 9.90 Å². The third kappa shape index (κ3) is 3.28. The molecule has 0 amide bonds. The maximum Gasteiger partial charge on any atom is 0.304 e. The van der Waals surface area contributed by atoms with Crippen LogP contribution in [0.5, 0.6) is 0 Å². The van der Waals surface area contributed by atoms with Crippen molar-refractivity contribution in [2.45, 2.75) is 22.8 Å². The van der Waals surface area contributed by atoms with E-state index in [1.807, 2.05) is 24.4 Å². The molecule has 1 aromatic rings. The van der Waals surface area contributed by atoms with Crippen LogP contribution >= 0.6 is 23.1 Å². The highest BCUT2D eigenvalue weighted by molar-refractivity contribution is 8.01. The predicted octanol–water partition coefficient (Wildman–Crippen LogP) is 2.70. The minimum Gasteiger partial charge on any atom is -0.481 e. The molecule has 0 radical (unpaired) electrons. The van der Waals surface area contributed by atoms with Gasteiger partial charge in [-0.05, 0) is 11.4 Å². The zero-order valence-corrected chi connectivity index (χ0v) is 8.32. The minimum atomic E-state index is -0.730. The molecule has 0 saturated carbocycles. The predicted molar refractivity (Wildman–Crippen MR) is 51.9 cm³/mol. The number of hydrogen-bond donors (Lipinski definition) is 1. The van der Waals surface area contributed by atoms with E-state index in [4.69, 9.17) is 5.11 Å². The molecule has 2 nitrogen and oxygen atoms in total. The Kier molecular flexibility index (Phi) is 3.62. The monoisotopic (exact) mass is 202 g/mol. The van der Waals surface area contributed by atoms with Gasteiger partial charge in [0.2, 0.25) is 0 Å². The van der Waals surface area contributed by atoms with Crippen molar-refractivity contribution in [2.24, 2.45) is 0 Å². The highest BCUT2D eigenvalue weighted by Gasteiger charge is 2.08. The van der Waals surface area contributed by atoms with Crippen LogP contribution < -0.4 is 0 Å². The van der Waals surface area contributed by atoms with E-state index in [2.05, 4.69) is 0 Å². The first kappa shape index (κ1) is 9.61. The van der Waals surface area contributed by atoms with Crippen molar-refractivity contribution in [1.82, 2.24) is 0 Å². The molecule has 0 aromatic carbocycles. The molecule has 0 fully saturated rings. The average molecular weight is 202 g/mol. The largest absolute Gasteiger partial charge is 0.481 e. The number of carboxylic acids is 1. The molecule has 12 heavy (non-hydrogen) atoms. The van der Waals surface area contributed by atoms with Crippen LogP contribution in [0.2, 0.25) is 0 Å². The average Bonchev–Trinajstić information content (AvgIpc) is 2.37. The summed E-state index contributed by atoms with van der Waals surface area (Å²) in [5, 5.41) is 10.7. The molecule has 1 rings (SSSR count). The molecular weight excluding hydrogens is 192 g/mol. The molecule has 66 valence electrons. The van der Waals surface area contributed by atoms with Crippen LogP contribution in [0.15, 0.2) is 21.7 Å². The standard InChI is InChI=1S/C8H10O2S2/c1-6(5-7(9)10)12-8-3-2-4-11-8/h2-4,6H,5H2,1H3,(H,9,10)/t6-/m0/s1. The molecule has 1 atom stereocenters. The Morgan fingerprint density at radius 2 is 2.58 bits per heavy atom. The Morgan fingerprint density at radius 1 is 1.83 bits per heavy atom. The maximum absolute atomic E-state index is 10.3. The summed E-state index contributed by atoms with van der Waals surface area (Å²) < 4.78 is 1.18. The minimum absolute atomic E-state index is 0.154. The lowest BCUT2D eigenvalue weighted by Crippen LogP contribution is -2.04. The Hall–Kier alpha value is -0.480. The molecule has 4 heteroatoms. The number of carboxylic acid groups (broad SMARTS) is 1. The summed E-state index contributed by atoms with van der Waals surface area (Å²) in [5.41, 5.74) is 0. The van der Waals surface area contributed by atoms with Crippen LogP contribution in [0, 0.1) is 0 Å². The van der Waals surface area contributed by atoms with Crippen molar-refractivity contribution in [2.75, 3.05) is 0 Å². The lowest BCUT2D eigenvalue weighted by Gasteiger charge is -2.04. The Bertz CT molecular complexity index is 244. The van der Waals surface area contributed by atoms with Crippen LogP contribution in [-0.2, 0) is 4.79 Å². The summed E-state index contributed by atoms with van der Waals surface area (Å²) >= 11 is 3.26. The van der Waals surface area contributed by atoms with E-state index in [1.165, 1.54) is 4.21 Å². The third-order valence-electron chi connectivity index (χ3n) is 1.27. The van der Waals surface area contributed by atoms with Crippen LogP contribution in [0.3, 0.4) is 0 Å². The number of thiophene rings is 1. The van der Waals surface area contributed by atoms with Crippen LogP contribution in [0.25, 0.3) is 0 Å². The lowest BCUT2D eigenvalue weighted by molar-refractivity contribution is -0.136. The fraction of sp³-hybridized carbons (Fsp3) is 0.375. The van der Waals surface area contributed by atoms with Crippen LogP contribution in [0.1, 0.15) is 13.3 Å². The van der Waals surface area contributed by atoms with Gasteiger partial charge < -0.3 is 5.11 Å². The van der Waals surface area contributed by atoms with Crippen molar-refractivity contribution in [3.8, 4) is 0 Å². The number of rotatable bonds is 4. The molecule has 1 N–H and O–H groups in total. The van der Waals surface area contributed by atoms with Crippen LogP contribution in [-0.4, -0.2) is 16.3 Å². The smallest absolute Gasteiger partial charge is 0.304 e. The van der Waals surface area contributed by atoms with Crippen molar-refractivity contribution in [3.63, 3.8) is 0 Å². The first-order valence-electron chi connectivity index (χ1n) is 3.60. The second kappa shape index (κ2) is 4.52. The van der Waals surface area contributed by atoms with Crippen molar-refractivity contribution >= 4 is 29.1 Å². The topological polar surface area (TPSA) is 37.3 Å². The van der Waals surface area contributed by atoms with E-state index in [9.17, 15) is 4.79 Å². The Labute approximate surface area is 79.6 Å². The maximum atomic E-state index is 10.3. The summed E-state index contributed by atoms with van der Waals surface area (Å²) in [6.45, 7) is 1.93.